The van der Waals surface area contributed by atoms with Gasteiger partial charge in [0.25, 0.3) is 0 Å². The van der Waals surface area contributed by atoms with Crippen LogP contribution >= 0.6 is 0 Å². The summed E-state index contributed by atoms with van der Waals surface area (Å²) in [5, 5.41) is 11.4. The maximum Gasteiger partial charge on any atom is 0.227 e. The fourth-order valence-electron chi connectivity index (χ4n) is 3.77. The highest BCUT2D eigenvalue weighted by molar-refractivity contribution is 6.00. The highest BCUT2D eigenvalue weighted by atomic mass is 16.5. The second-order valence-electron chi connectivity index (χ2n) is 7.65. The number of hydrogen-bond donors (Lipinski definition) is 2. The van der Waals surface area contributed by atoms with Crippen molar-refractivity contribution in [2.24, 2.45) is 5.92 Å². The average molecular weight is 438 g/mol. The molecule has 0 radical (unpaired) electrons. The van der Waals surface area contributed by atoms with Crippen molar-refractivity contribution in [2.45, 2.75) is 26.3 Å². The second-order valence-corrected chi connectivity index (χ2v) is 7.65. The summed E-state index contributed by atoms with van der Waals surface area (Å²) in [4.78, 5) is 35.3. The smallest absolute Gasteiger partial charge is 0.227 e. The Kier molecular flexibility index (Phi) is 6.48. The van der Waals surface area contributed by atoms with Gasteiger partial charge in [-0.2, -0.15) is 5.10 Å². The van der Waals surface area contributed by atoms with E-state index in [1.54, 1.807) is 35.0 Å². The van der Waals surface area contributed by atoms with Gasteiger partial charge in [0.2, 0.25) is 11.8 Å². The summed E-state index contributed by atoms with van der Waals surface area (Å²) in [6, 6.07) is 7.25. The number of fused-ring (bicyclic) bond motifs is 1. The molecule has 2 amide bonds. The van der Waals surface area contributed by atoms with Gasteiger partial charge >= 0.3 is 0 Å². The maximum atomic E-state index is 12.7. The Morgan fingerprint density at radius 3 is 2.78 bits per heavy atom. The van der Waals surface area contributed by atoms with Crippen LogP contribution in [0, 0.1) is 5.92 Å². The molecule has 2 aromatic heterocycles. The molecule has 3 heterocycles. The van der Waals surface area contributed by atoms with Crippen LogP contribution in [0.1, 0.15) is 19.8 Å². The number of ether oxygens (including phenoxy) is 1. The maximum absolute atomic E-state index is 12.7. The Labute approximate surface area is 186 Å². The number of anilines is 2. The fraction of sp³-hybridized carbons (Fsp3) is 0.409. The Hall–Kier alpha value is -3.69. The van der Waals surface area contributed by atoms with Crippen LogP contribution in [0.25, 0.3) is 11.0 Å². The van der Waals surface area contributed by atoms with Crippen LogP contribution in [0.4, 0.5) is 11.5 Å². The molecular formula is C22H27N7O3. The van der Waals surface area contributed by atoms with E-state index in [9.17, 15) is 9.59 Å². The van der Waals surface area contributed by atoms with E-state index in [2.05, 4.69) is 32.6 Å². The number of nitrogens with zero attached hydrogens (tertiary/aromatic N) is 5. The predicted molar refractivity (Wildman–Crippen MR) is 121 cm³/mol. The summed E-state index contributed by atoms with van der Waals surface area (Å²) in [6.45, 7) is 4.14. The Bertz CT molecular complexity index is 1100. The van der Waals surface area contributed by atoms with Crippen molar-refractivity contribution in [1.29, 1.82) is 0 Å². The van der Waals surface area contributed by atoms with Crippen LogP contribution in [0.15, 0.2) is 36.8 Å². The highest BCUT2D eigenvalue weighted by Gasteiger charge is 2.35. The van der Waals surface area contributed by atoms with Crippen LogP contribution in [-0.4, -0.2) is 58.3 Å². The first-order chi connectivity index (χ1) is 15.6. The zero-order valence-electron chi connectivity index (χ0n) is 18.2. The minimum absolute atomic E-state index is 0.0582. The van der Waals surface area contributed by atoms with Crippen LogP contribution < -0.4 is 20.3 Å². The number of methoxy groups -OCH3 is 1. The first kappa shape index (κ1) is 21.5. The summed E-state index contributed by atoms with van der Waals surface area (Å²) in [6.07, 6.45) is 4.43. The van der Waals surface area contributed by atoms with E-state index in [-0.39, 0.29) is 24.2 Å². The molecule has 2 N–H and O–H groups in total. The molecule has 32 heavy (non-hydrogen) atoms. The van der Waals surface area contributed by atoms with Crippen molar-refractivity contribution < 1.29 is 14.3 Å². The zero-order valence-corrected chi connectivity index (χ0v) is 18.2. The summed E-state index contributed by atoms with van der Waals surface area (Å²) in [5.41, 5.74) is 1.48. The number of carbonyl (C=O) groups is 2. The van der Waals surface area contributed by atoms with Gasteiger partial charge in [-0.15, -0.1) is 0 Å². The number of nitrogens with one attached hydrogen (secondary N) is 2. The Balaban J connectivity index is 1.33. The van der Waals surface area contributed by atoms with Gasteiger partial charge in [-0.3, -0.25) is 9.59 Å². The Morgan fingerprint density at radius 2 is 2.03 bits per heavy atom. The standard InChI is InChI=1S/C22H27N7O3/c1-3-8-23-20-18-12-27-29(21(18)26-14-25-20)10-9-24-22(31)15-11-19(30)28(13-15)16-4-6-17(32-2)7-5-16/h4-7,12,14-15H,3,8-11,13H2,1-2H3,(H,24,31)(H,23,25,26). The van der Waals surface area contributed by atoms with E-state index >= 15 is 0 Å². The monoisotopic (exact) mass is 437 g/mol. The van der Waals surface area contributed by atoms with Crippen molar-refractivity contribution in [1.82, 2.24) is 25.1 Å². The number of rotatable bonds is 9. The lowest BCUT2D eigenvalue weighted by atomic mass is 10.1. The van der Waals surface area contributed by atoms with Crippen molar-refractivity contribution >= 4 is 34.4 Å². The first-order valence-corrected chi connectivity index (χ1v) is 10.7. The molecule has 3 aromatic rings. The lowest BCUT2D eigenvalue weighted by molar-refractivity contribution is -0.126. The Morgan fingerprint density at radius 1 is 1.22 bits per heavy atom. The number of carbonyl (C=O) groups excluding carboxylic acids is 2. The minimum Gasteiger partial charge on any atom is -0.497 e. The summed E-state index contributed by atoms with van der Waals surface area (Å²) >= 11 is 0. The lowest BCUT2D eigenvalue weighted by Crippen LogP contribution is -2.35. The molecule has 0 bridgehead atoms. The molecular weight excluding hydrogens is 410 g/mol. The van der Waals surface area contributed by atoms with E-state index < -0.39 is 0 Å². The second kappa shape index (κ2) is 9.63. The predicted octanol–water partition coefficient (Wildman–Crippen LogP) is 1.83. The lowest BCUT2D eigenvalue weighted by Gasteiger charge is -2.17. The minimum atomic E-state index is -0.383. The quantitative estimate of drug-likeness (QED) is 0.525. The van der Waals surface area contributed by atoms with Crippen LogP contribution in [-0.2, 0) is 16.1 Å². The molecule has 168 valence electrons. The molecule has 1 aliphatic heterocycles. The van der Waals surface area contributed by atoms with Gasteiger partial charge in [-0.05, 0) is 30.7 Å². The number of amides is 2. The normalized spacial score (nSPS) is 15.9. The van der Waals surface area contributed by atoms with Crippen molar-refractivity contribution in [3.05, 3.63) is 36.8 Å². The molecule has 1 fully saturated rings. The molecule has 10 heteroatoms. The molecule has 0 aliphatic carbocycles. The molecule has 1 saturated heterocycles. The van der Waals surface area contributed by atoms with Gasteiger partial charge in [0, 0.05) is 31.7 Å². The first-order valence-electron chi connectivity index (χ1n) is 10.7. The largest absolute Gasteiger partial charge is 0.497 e. The van der Waals surface area contributed by atoms with E-state index in [0.29, 0.717) is 19.6 Å². The molecule has 1 atom stereocenters. The topological polar surface area (TPSA) is 114 Å². The highest BCUT2D eigenvalue weighted by Crippen LogP contribution is 2.27. The summed E-state index contributed by atoms with van der Waals surface area (Å²) in [7, 11) is 1.59. The molecule has 1 aromatic carbocycles. The molecule has 4 rings (SSSR count). The molecule has 0 spiro atoms. The average Bonchev–Trinajstić information content (AvgIpc) is 3.41. The molecule has 0 saturated carbocycles. The summed E-state index contributed by atoms with van der Waals surface area (Å²) < 4.78 is 6.91. The zero-order chi connectivity index (χ0) is 22.5. The van der Waals surface area contributed by atoms with Gasteiger partial charge in [0.05, 0.1) is 31.2 Å². The third-order valence-electron chi connectivity index (χ3n) is 5.48. The van der Waals surface area contributed by atoms with Gasteiger partial charge in [-0.25, -0.2) is 14.6 Å². The van der Waals surface area contributed by atoms with Gasteiger partial charge < -0.3 is 20.3 Å². The van der Waals surface area contributed by atoms with Gasteiger partial charge in [-0.1, -0.05) is 6.92 Å². The van der Waals surface area contributed by atoms with Gasteiger partial charge in [0.1, 0.15) is 17.9 Å². The van der Waals surface area contributed by atoms with E-state index in [1.807, 2.05) is 12.1 Å². The fourth-order valence-corrected chi connectivity index (χ4v) is 3.77. The van der Waals surface area contributed by atoms with Crippen molar-refractivity contribution in [3.8, 4) is 5.75 Å². The number of benzene rings is 1. The third kappa shape index (κ3) is 4.48. The number of hydrogen-bond acceptors (Lipinski definition) is 7. The van der Waals surface area contributed by atoms with Crippen molar-refractivity contribution in [3.63, 3.8) is 0 Å². The van der Waals surface area contributed by atoms with E-state index in [4.69, 9.17) is 4.74 Å². The molecule has 10 nitrogen and oxygen atoms in total. The molecule has 1 aliphatic rings. The van der Waals surface area contributed by atoms with Crippen LogP contribution in [0.3, 0.4) is 0 Å². The van der Waals surface area contributed by atoms with Crippen LogP contribution in [0.5, 0.6) is 5.75 Å². The number of aromatic nitrogens is 4. The van der Waals surface area contributed by atoms with Crippen molar-refractivity contribution in [2.75, 3.05) is 37.0 Å². The van der Waals surface area contributed by atoms with E-state index in [0.717, 1.165) is 41.3 Å². The molecule has 1 unspecified atom stereocenters. The summed E-state index contributed by atoms with van der Waals surface area (Å²) in [5.74, 6) is 0.906. The van der Waals surface area contributed by atoms with Crippen LogP contribution in [0.2, 0.25) is 0 Å². The van der Waals surface area contributed by atoms with Gasteiger partial charge in [0.15, 0.2) is 5.65 Å². The SMILES string of the molecule is CCCNc1ncnc2c1cnn2CCNC(=O)C1CC(=O)N(c2ccc(OC)cc2)C1. The van der Waals surface area contributed by atoms with E-state index in [1.165, 1.54) is 6.33 Å². The third-order valence-corrected chi connectivity index (χ3v) is 5.48.